The fourth-order valence-corrected chi connectivity index (χ4v) is 3.59. The SMILES string of the molecule is CCNc1ccccc1C(=O)N1CC2CCC(O)C2C1. The normalized spacial score (nSPS) is 28.5. The zero-order valence-electron chi connectivity index (χ0n) is 11.9. The molecule has 0 aromatic heterocycles. The van der Waals surface area contributed by atoms with Crippen molar-refractivity contribution in [1.82, 2.24) is 4.90 Å². The first-order valence-corrected chi connectivity index (χ1v) is 7.51. The first-order chi connectivity index (χ1) is 9.70. The number of hydrogen-bond donors (Lipinski definition) is 2. The molecule has 2 N–H and O–H groups in total. The van der Waals surface area contributed by atoms with E-state index in [0.717, 1.165) is 37.2 Å². The van der Waals surface area contributed by atoms with Crippen LogP contribution < -0.4 is 5.32 Å². The van der Waals surface area contributed by atoms with Crippen molar-refractivity contribution < 1.29 is 9.90 Å². The van der Waals surface area contributed by atoms with E-state index in [-0.39, 0.29) is 17.9 Å². The topological polar surface area (TPSA) is 52.6 Å². The highest BCUT2D eigenvalue weighted by atomic mass is 16.3. The Morgan fingerprint density at radius 2 is 2.15 bits per heavy atom. The zero-order chi connectivity index (χ0) is 14.1. The lowest BCUT2D eigenvalue weighted by atomic mass is 10.00. The zero-order valence-corrected chi connectivity index (χ0v) is 11.9. The van der Waals surface area contributed by atoms with Gasteiger partial charge in [0.25, 0.3) is 5.91 Å². The molecule has 3 unspecified atom stereocenters. The van der Waals surface area contributed by atoms with E-state index >= 15 is 0 Å². The molecule has 1 amide bonds. The van der Waals surface area contributed by atoms with E-state index in [0.29, 0.717) is 12.5 Å². The Morgan fingerprint density at radius 3 is 2.90 bits per heavy atom. The Balaban J connectivity index is 1.77. The molecule has 20 heavy (non-hydrogen) atoms. The van der Waals surface area contributed by atoms with Crippen LogP contribution in [0.2, 0.25) is 0 Å². The molecule has 2 aliphatic rings. The summed E-state index contributed by atoms with van der Waals surface area (Å²) in [4.78, 5) is 14.6. The van der Waals surface area contributed by atoms with Crippen molar-refractivity contribution >= 4 is 11.6 Å². The smallest absolute Gasteiger partial charge is 0.255 e. The van der Waals surface area contributed by atoms with Crippen molar-refractivity contribution in [1.29, 1.82) is 0 Å². The van der Waals surface area contributed by atoms with Crippen molar-refractivity contribution in [3.05, 3.63) is 29.8 Å². The standard InChI is InChI=1S/C16H22N2O2/c1-2-17-14-6-4-3-5-12(14)16(20)18-9-11-7-8-15(19)13(11)10-18/h3-6,11,13,15,17,19H,2,7-10H2,1H3. The molecule has 0 bridgehead atoms. The minimum absolute atomic E-state index is 0.0863. The molecule has 1 aromatic rings. The predicted molar refractivity (Wildman–Crippen MR) is 78.7 cm³/mol. The van der Waals surface area contributed by atoms with Gasteiger partial charge >= 0.3 is 0 Å². The Bertz CT molecular complexity index is 503. The lowest BCUT2D eigenvalue weighted by Crippen LogP contribution is -2.31. The van der Waals surface area contributed by atoms with Gasteiger partial charge in [-0.05, 0) is 37.8 Å². The van der Waals surface area contributed by atoms with Crippen LogP contribution in [0, 0.1) is 11.8 Å². The Kier molecular flexibility index (Phi) is 3.66. The summed E-state index contributed by atoms with van der Waals surface area (Å²) < 4.78 is 0. The van der Waals surface area contributed by atoms with E-state index in [1.165, 1.54) is 0 Å². The van der Waals surface area contributed by atoms with Crippen LogP contribution in [0.5, 0.6) is 0 Å². The fourth-order valence-electron chi connectivity index (χ4n) is 3.59. The number of likely N-dealkylation sites (tertiary alicyclic amines) is 1. The summed E-state index contributed by atoms with van der Waals surface area (Å²) in [5, 5.41) is 13.2. The Labute approximate surface area is 119 Å². The van der Waals surface area contributed by atoms with Crippen molar-refractivity contribution in [3.8, 4) is 0 Å². The molecular weight excluding hydrogens is 252 g/mol. The van der Waals surface area contributed by atoms with Gasteiger partial charge in [0.05, 0.1) is 11.7 Å². The molecular formula is C16H22N2O2. The first kappa shape index (κ1) is 13.4. The minimum atomic E-state index is -0.221. The van der Waals surface area contributed by atoms with Crippen molar-refractivity contribution in [2.24, 2.45) is 11.8 Å². The van der Waals surface area contributed by atoms with Gasteiger partial charge in [0.15, 0.2) is 0 Å². The van der Waals surface area contributed by atoms with E-state index < -0.39 is 0 Å². The highest BCUT2D eigenvalue weighted by Gasteiger charge is 2.43. The third-order valence-corrected chi connectivity index (χ3v) is 4.63. The van der Waals surface area contributed by atoms with Gasteiger partial charge in [0.2, 0.25) is 0 Å². The first-order valence-electron chi connectivity index (χ1n) is 7.51. The van der Waals surface area contributed by atoms with E-state index in [4.69, 9.17) is 0 Å². The number of benzene rings is 1. The number of hydrogen-bond acceptors (Lipinski definition) is 3. The van der Waals surface area contributed by atoms with Crippen LogP contribution >= 0.6 is 0 Å². The average molecular weight is 274 g/mol. The molecule has 1 aliphatic heterocycles. The molecule has 1 heterocycles. The number of fused-ring (bicyclic) bond motifs is 1. The van der Waals surface area contributed by atoms with Gasteiger partial charge in [-0.1, -0.05) is 12.1 Å². The molecule has 1 aliphatic carbocycles. The minimum Gasteiger partial charge on any atom is -0.393 e. The second-order valence-corrected chi connectivity index (χ2v) is 5.85. The quantitative estimate of drug-likeness (QED) is 0.886. The van der Waals surface area contributed by atoms with Crippen molar-refractivity contribution in [2.75, 3.05) is 25.0 Å². The molecule has 4 heteroatoms. The highest BCUT2D eigenvalue weighted by molar-refractivity contribution is 5.99. The molecule has 1 saturated carbocycles. The van der Waals surface area contributed by atoms with Crippen LogP contribution in [0.15, 0.2) is 24.3 Å². The van der Waals surface area contributed by atoms with Gasteiger partial charge in [0, 0.05) is 31.2 Å². The Hall–Kier alpha value is -1.55. The number of aliphatic hydroxyl groups is 1. The van der Waals surface area contributed by atoms with Gasteiger partial charge in [0.1, 0.15) is 0 Å². The summed E-state index contributed by atoms with van der Waals surface area (Å²) in [5.41, 5.74) is 1.64. The number of carbonyl (C=O) groups is 1. The number of amides is 1. The summed E-state index contributed by atoms with van der Waals surface area (Å²) in [6.07, 6.45) is 1.72. The van der Waals surface area contributed by atoms with Crippen LogP contribution in [0.4, 0.5) is 5.69 Å². The largest absolute Gasteiger partial charge is 0.393 e. The molecule has 0 radical (unpaired) electrons. The lowest BCUT2D eigenvalue weighted by Gasteiger charge is -2.20. The summed E-state index contributed by atoms with van der Waals surface area (Å²) in [5.74, 6) is 0.855. The number of rotatable bonds is 3. The number of para-hydroxylation sites is 1. The highest BCUT2D eigenvalue weighted by Crippen LogP contribution is 2.38. The van der Waals surface area contributed by atoms with Gasteiger partial charge in [-0.25, -0.2) is 0 Å². The molecule has 0 spiro atoms. The number of nitrogens with zero attached hydrogens (tertiary/aromatic N) is 1. The summed E-state index contributed by atoms with van der Waals surface area (Å²) >= 11 is 0. The number of carbonyl (C=O) groups excluding carboxylic acids is 1. The molecule has 3 atom stereocenters. The van der Waals surface area contributed by atoms with E-state index in [1.807, 2.05) is 36.1 Å². The summed E-state index contributed by atoms with van der Waals surface area (Å²) in [6.45, 7) is 4.32. The predicted octanol–water partition coefficient (Wildman–Crippen LogP) is 1.96. The molecule has 4 nitrogen and oxygen atoms in total. The molecule has 2 fully saturated rings. The van der Waals surface area contributed by atoms with Crippen LogP contribution in [0.1, 0.15) is 30.1 Å². The Morgan fingerprint density at radius 1 is 1.35 bits per heavy atom. The van der Waals surface area contributed by atoms with Crippen molar-refractivity contribution in [3.63, 3.8) is 0 Å². The molecule has 108 valence electrons. The summed E-state index contributed by atoms with van der Waals surface area (Å²) in [6, 6.07) is 7.67. The molecule has 3 rings (SSSR count). The second-order valence-electron chi connectivity index (χ2n) is 5.85. The number of aliphatic hydroxyl groups excluding tert-OH is 1. The second kappa shape index (κ2) is 5.44. The van der Waals surface area contributed by atoms with Crippen molar-refractivity contribution in [2.45, 2.75) is 25.9 Å². The van der Waals surface area contributed by atoms with E-state index in [2.05, 4.69) is 5.32 Å². The number of nitrogens with one attached hydrogen (secondary N) is 1. The van der Waals surface area contributed by atoms with Gasteiger partial charge < -0.3 is 15.3 Å². The van der Waals surface area contributed by atoms with Crippen LogP contribution in [-0.2, 0) is 0 Å². The third kappa shape index (κ3) is 2.29. The van der Waals surface area contributed by atoms with Gasteiger partial charge in [-0.2, -0.15) is 0 Å². The lowest BCUT2D eigenvalue weighted by molar-refractivity contribution is 0.0753. The van der Waals surface area contributed by atoms with Crippen LogP contribution in [-0.4, -0.2) is 41.7 Å². The maximum absolute atomic E-state index is 12.7. The van der Waals surface area contributed by atoms with Gasteiger partial charge in [-0.15, -0.1) is 0 Å². The van der Waals surface area contributed by atoms with Gasteiger partial charge in [-0.3, -0.25) is 4.79 Å². The van der Waals surface area contributed by atoms with E-state index in [9.17, 15) is 9.90 Å². The maximum atomic E-state index is 12.7. The summed E-state index contributed by atoms with van der Waals surface area (Å²) in [7, 11) is 0. The fraction of sp³-hybridized carbons (Fsp3) is 0.562. The maximum Gasteiger partial charge on any atom is 0.255 e. The van der Waals surface area contributed by atoms with Crippen LogP contribution in [0.25, 0.3) is 0 Å². The molecule has 1 saturated heterocycles. The number of anilines is 1. The van der Waals surface area contributed by atoms with Crippen LogP contribution in [0.3, 0.4) is 0 Å². The third-order valence-electron chi connectivity index (χ3n) is 4.63. The average Bonchev–Trinajstić information content (AvgIpc) is 3.02. The molecule has 1 aromatic carbocycles. The monoisotopic (exact) mass is 274 g/mol. The van der Waals surface area contributed by atoms with E-state index in [1.54, 1.807) is 0 Å².